The molecular formula is C45H25N3O2S. The molecule has 0 atom stereocenters. The Balaban J connectivity index is 1.05. The Labute approximate surface area is 295 Å². The smallest absolute Gasteiger partial charge is 0.164 e. The third kappa shape index (κ3) is 4.50. The van der Waals surface area contributed by atoms with Gasteiger partial charge in [0.05, 0.1) is 0 Å². The number of aromatic nitrogens is 3. The minimum atomic E-state index is 0.595. The summed E-state index contributed by atoms with van der Waals surface area (Å²) in [5.41, 5.74) is 8.36. The number of hydrogen-bond acceptors (Lipinski definition) is 6. The lowest BCUT2D eigenvalue weighted by Gasteiger charge is -2.09. The number of hydrogen-bond donors (Lipinski definition) is 0. The van der Waals surface area contributed by atoms with Gasteiger partial charge in [0, 0.05) is 58.4 Å². The van der Waals surface area contributed by atoms with Gasteiger partial charge in [-0.25, -0.2) is 15.0 Å². The minimum absolute atomic E-state index is 0.595. The van der Waals surface area contributed by atoms with E-state index in [0.29, 0.717) is 17.5 Å². The van der Waals surface area contributed by atoms with E-state index in [1.807, 2.05) is 60.7 Å². The summed E-state index contributed by atoms with van der Waals surface area (Å²) < 4.78 is 15.1. The number of fused-ring (bicyclic) bond motifs is 9. The van der Waals surface area contributed by atoms with E-state index in [9.17, 15) is 0 Å². The zero-order valence-corrected chi connectivity index (χ0v) is 27.8. The predicted octanol–water partition coefficient (Wildman–Crippen LogP) is 12.7. The van der Waals surface area contributed by atoms with Crippen LogP contribution >= 0.6 is 11.3 Å². The standard InChI is InChI=1S/C45H25N3O2S/c1-2-9-26(10-3-1)43-46-44(48-45(47-43)34-13-8-16-41-42(34)33-12-5-7-15-40(33)51-41)29-18-21-32-35-23-27(19-22-37(35)50-39(32)25-29)28-17-20-31-30-11-4-6-14-36(30)49-38(31)24-28/h1-25H. The summed E-state index contributed by atoms with van der Waals surface area (Å²) in [6, 6.07) is 52.2. The number of furan rings is 2. The summed E-state index contributed by atoms with van der Waals surface area (Å²) in [6.45, 7) is 0. The first kappa shape index (κ1) is 28.2. The Kier molecular flexibility index (Phi) is 6.05. The molecule has 6 heteroatoms. The first-order valence-electron chi connectivity index (χ1n) is 16.8. The lowest BCUT2D eigenvalue weighted by Crippen LogP contribution is -2.00. The van der Waals surface area contributed by atoms with Crippen molar-refractivity contribution in [1.82, 2.24) is 15.0 Å². The fourth-order valence-electron chi connectivity index (χ4n) is 7.30. The molecule has 0 spiro atoms. The predicted molar refractivity (Wildman–Crippen MR) is 209 cm³/mol. The molecule has 0 unspecified atom stereocenters. The Bertz CT molecular complexity index is 3160. The molecule has 11 rings (SSSR count). The highest BCUT2D eigenvalue weighted by molar-refractivity contribution is 7.25. The molecule has 0 aliphatic rings. The Morgan fingerprint density at radius 3 is 1.80 bits per heavy atom. The molecule has 0 fully saturated rings. The average molecular weight is 672 g/mol. The lowest BCUT2D eigenvalue weighted by atomic mass is 10.0. The molecule has 0 amide bonds. The van der Waals surface area contributed by atoms with Gasteiger partial charge in [-0.15, -0.1) is 11.3 Å². The van der Waals surface area contributed by atoms with Gasteiger partial charge in [-0.05, 0) is 65.7 Å². The van der Waals surface area contributed by atoms with Crippen LogP contribution in [-0.4, -0.2) is 15.0 Å². The fraction of sp³-hybridized carbons (Fsp3) is 0. The third-order valence-corrected chi connectivity index (χ3v) is 10.9. The van der Waals surface area contributed by atoms with Crippen molar-refractivity contribution in [3.8, 4) is 45.3 Å². The third-order valence-electron chi connectivity index (χ3n) is 9.75. The van der Waals surface area contributed by atoms with Gasteiger partial charge in [-0.2, -0.15) is 0 Å². The molecule has 0 aliphatic heterocycles. The van der Waals surface area contributed by atoms with Crippen molar-refractivity contribution >= 4 is 75.4 Å². The van der Waals surface area contributed by atoms with Crippen molar-refractivity contribution < 1.29 is 8.83 Å². The number of nitrogens with zero attached hydrogens (tertiary/aromatic N) is 3. The van der Waals surface area contributed by atoms with Crippen LogP contribution in [0.1, 0.15) is 0 Å². The van der Waals surface area contributed by atoms with Crippen molar-refractivity contribution in [2.75, 3.05) is 0 Å². The van der Waals surface area contributed by atoms with Gasteiger partial charge in [0.2, 0.25) is 0 Å². The second kappa shape index (κ2) is 10.9. The zero-order chi connectivity index (χ0) is 33.5. The number of thiophene rings is 1. The molecular weight excluding hydrogens is 647 g/mol. The Morgan fingerprint density at radius 1 is 0.353 bits per heavy atom. The summed E-state index contributed by atoms with van der Waals surface area (Å²) in [7, 11) is 0. The molecule has 238 valence electrons. The van der Waals surface area contributed by atoms with E-state index in [4.69, 9.17) is 23.8 Å². The van der Waals surface area contributed by atoms with Gasteiger partial charge in [-0.3, -0.25) is 0 Å². The van der Waals surface area contributed by atoms with Crippen LogP contribution in [-0.2, 0) is 0 Å². The molecule has 11 aromatic rings. The summed E-state index contributed by atoms with van der Waals surface area (Å²) >= 11 is 1.79. The Hall–Kier alpha value is -6.63. The number of para-hydroxylation sites is 1. The molecule has 0 N–H and O–H groups in total. The van der Waals surface area contributed by atoms with Crippen molar-refractivity contribution in [1.29, 1.82) is 0 Å². The van der Waals surface area contributed by atoms with E-state index in [0.717, 1.165) is 77.1 Å². The van der Waals surface area contributed by atoms with Gasteiger partial charge < -0.3 is 8.83 Å². The van der Waals surface area contributed by atoms with Crippen molar-refractivity contribution in [3.63, 3.8) is 0 Å². The highest BCUT2D eigenvalue weighted by atomic mass is 32.1. The first-order valence-corrected chi connectivity index (χ1v) is 17.7. The Morgan fingerprint density at radius 2 is 0.941 bits per heavy atom. The van der Waals surface area contributed by atoms with Gasteiger partial charge >= 0.3 is 0 Å². The molecule has 0 radical (unpaired) electrons. The highest BCUT2D eigenvalue weighted by Gasteiger charge is 2.18. The molecule has 0 bridgehead atoms. The van der Waals surface area contributed by atoms with Crippen molar-refractivity contribution in [3.05, 3.63) is 152 Å². The van der Waals surface area contributed by atoms with Crippen LogP contribution in [0.3, 0.4) is 0 Å². The summed E-state index contributed by atoms with van der Waals surface area (Å²) in [6.07, 6.45) is 0. The molecule has 7 aromatic carbocycles. The maximum atomic E-state index is 6.45. The van der Waals surface area contributed by atoms with Gasteiger partial charge in [-0.1, -0.05) is 97.1 Å². The molecule has 4 heterocycles. The molecule has 0 saturated carbocycles. The normalized spacial score (nSPS) is 11.9. The van der Waals surface area contributed by atoms with Crippen molar-refractivity contribution in [2.24, 2.45) is 0 Å². The molecule has 0 saturated heterocycles. The second-order valence-electron chi connectivity index (χ2n) is 12.8. The summed E-state index contributed by atoms with van der Waals surface area (Å²) in [5.74, 6) is 1.87. The lowest BCUT2D eigenvalue weighted by molar-refractivity contribution is 0.669. The molecule has 5 nitrogen and oxygen atoms in total. The quantitative estimate of drug-likeness (QED) is 0.186. The zero-order valence-electron chi connectivity index (χ0n) is 27.0. The van der Waals surface area contributed by atoms with Crippen LogP contribution in [0.25, 0.3) is 109 Å². The van der Waals surface area contributed by atoms with Gasteiger partial charge in [0.1, 0.15) is 22.3 Å². The van der Waals surface area contributed by atoms with Crippen LogP contribution in [0.15, 0.2) is 160 Å². The van der Waals surface area contributed by atoms with Crippen LogP contribution in [0, 0.1) is 0 Å². The number of rotatable bonds is 4. The van der Waals surface area contributed by atoms with E-state index < -0.39 is 0 Å². The summed E-state index contributed by atoms with van der Waals surface area (Å²) in [4.78, 5) is 15.2. The van der Waals surface area contributed by atoms with Crippen LogP contribution in [0.4, 0.5) is 0 Å². The van der Waals surface area contributed by atoms with Crippen LogP contribution in [0.2, 0.25) is 0 Å². The van der Waals surface area contributed by atoms with E-state index in [-0.39, 0.29) is 0 Å². The molecule has 51 heavy (non-hydrogen) atoms. The van der Waals surface area contributed by atoms with E-state index in [2.05, 4.69) is 91.0 Å². The molecule has 4 aromatic heterocycles. The van der Waals surface area contributed by atoms with E-state index >= 15 is 0 Å². The first-order chi connectivity index (χ1) is 25.2. The summed E-state index contributed by atoms with van der Waals surface area (Å²) in [5, 5.41) is 6.70. The van der Waals surface area contributed by atoms with Crippen LogP contribution < -0.4 is 0 Å². The highest BCUT2D eigenvalue weighted by Crippen LogP contribution is 2.41. The monoisotopic (exact) mass is 671 g/mol. The van der Waals surface area contributed by atoms with E-state index in [1.54, 1.807) is 11.3 Å². The maximum Gasteiger partial charge on any atom is 0.164 e. The van der Waals surface area contributed by atoms with E-state index in [1.165, 1.54) is 14.8 Å². The fourth-order valence-corrected chi connectivity index (χ4v) is 8.44. The topological polar surface area (TPSA) is 65.0 Å². The average Bonchev–Trinajstić information content (AvgIpc) is 3.88. The van der Waals surface area contributed by atoms with Gasteiger partial charge in [0.15, 0.2) is 17.5 Å². The SMILES string of the molecule is c1ccc(-c2nc(-c3ccc4c(c3)oc3ccc(-c5ccc6c(c5)oc5ccccc56)cc34)nc(-c3cccc4sc5ccccc5c34)n2)cc1. The number of benzene rings is 7. The van der Waals surface area contributed by atoms with Gasteiger partial charge in [0.25, 0.3) is 0 Å². The molecule has 0 aliphatic carbocycles. The largest absolute Gasteiger partial charge is 0.456 e. The maximum absolute atomic E-state index is 6.45. The second-order valence-corrected chi connectivity index (χ2v) is 13.9. The van der Waals surface area contributed by atoms with Crippen LogP contribution in [0.5, 0.6) is 0 Å². The van der Waals surface area contributed by atoms with Crippen molar-refractivity contribution in [2.45, 2.75) is 0 Å². The minimum Gasteiger partial charge on any atom is -0.456 e.